The van der Waals surface area contributed by atoms with E-state index in [-0.39, 0.29) is 0 Å². The Hall–Kier alpha value is -2.59. The Kier molecular flexibility index (Phi) is 6.55. The number of likely N-dealkylation sites (tertiary alicyclic amines) is 1. The highest BCUT2D eigenvalue weighted by Crippen LogP contribution is 2.33. The Morgan fingerprint density at radius 1 is 1.09 bits per heavy atom. The molecule has 4 heteroatoms. The second-order valence-electron chi connectivity index (χ2n) is 10.2. The first kappa shape index (κ1) is 22.2. The molecule has 1 saturated heterocycles. The van der Waals surface area contributed by atoms with E-state index >= 15 is 0 Å². The number of aromatic nitrogens is 1. The highest BCUT2D eigenvalue weighted by molar-refractivity contribution is 5.94. The number of hydrogen-bond acceptors (Lipinski definition) is 4. The fraction of sp³-hybridized carbons (Fsp3) is 0.483. The monoisotopic (exact) mass is 443 g/mol. The number of ether oxygens (including phenoxy) is 1. The topological polar surface area (TPSA) is 28.6 Å². The molecule has 3 aromatic rings. The average molecular weight is 444 g/mol. The molecule has 0 saturated carbocycles. The van der Waals surface area contributed by atoms with E-state index in [1.54, 1.807) is 0 Å². The number of rotatable bonds is 7. The van der Waals surface area contributed by atoms with Crippen LogP contribution in [0.15, 0.2) is 48.5 Å². The molecule has 0 radical (unpaired) electrons. The predicted molar refractivity (Wildman–Crippen MR) is 137 cm³/mol. The second kappa shape index (κ2) is 9.72. The van der Waals surface area contributed by atoms with Crippen molar-refractivity contribution in [3.63, 3.8) is 0 Å². The van der Waals surface area contributed by atoms with Gasteiger partial charge in [0.2, 0.25) is 5.88 Å². The molecule has 3 heterocycles. The van der Waals surface area contributed by atoms with Gasteiger partial charge in [-0.1, -0.05) is 50.2 Å². The van der Waals surface area contributed by atoms with Crippen LogP contribution in [0.5, 0.6) is 5.88 Å². The van der Waals surface area contributed by atoms with Crippen LogP contribution in [0.2, 0.25) is 0 Å². The number of hydrogen-bond donors (Lipinski definition) is 0. The molecule has 1 atom stereocenters. The van der Waals surface area contributed by atoms with E-state index in [9.17, 15) is 0 Å². The number of likely N-dealkylation sites (N-methyl/N-ethyl adjacent to an activating group) is 1. The molecule has 174 valence electrons. The first-order valence-electron chi connectivity index (χ1n) is 12.7. The van der Waals surface area contributed by atoms with Crippen molar-refractivity contribution in [3.8, 4) is 5.88 Å². The lowest BCUT2D eigenvalue weighted by Crippen LogP contribution is -2.32. The van der Waals surface area contributed by atoms with Gasteiger partial charge in [0.25, 0.3) is 0 Å². The highest BCUT2D eigenvalue weighted by Gasteiger charge is 2.25. The predicted octanol–water partition coefficient (Wildman–Crippen LogP) is 5.86. The van der Waals surface area contributed by atoms with Gasteiger partial charge < -0.3 is 14.5 Å². The molecule has 0 bridgehead atoms. The Morgan fingerprint density at radius 2 is 1.94 bits per heavy atom. The number of benzene rings is 2. The van der Waals surface area contributed by atoms with Gasteiger partial charge in [-0.05, 0) is 74.7 Å². The van der Waals surface area contributed by atoms with E-state index in [1.807, 2.05) is 0 Å². The standard InChI is InChI=1S/C29H37N3O/c1-21(2)13-14-24-18-23-15-17-32(28-12-6-9-22-8-4-5-11-26(22)28)19-27(23)30-29(24)33-20-25-10-7-16-31(25)3/h4-6,8-9,11-12,18,21,25H,7,10,13-17,19-20H2,1-3H3/t25-/m1/s1. The van der Waals surface area contributed by atoms with Crippen LogP contribution in [0.1, 0.15) is 49.9 Å². The van der Waals surface area contributed by atoms with Gasteiger partial charge in [0.15, 0.2) is 0 Å². The van der Waals surface area contributed by atoms with Crippen molar-refractivity contribution in [3.05, 3.63) is 65.4 Å². The first-order valence-corrected chi connectivity index (χ1v) is 12.7. The van der Waals surface area contributed by atoms with Crippen LogP contribution in [0.25, 0.3) is 10.8 Å². The van der Waals surface area contributed by atoms with Crippen molar-refractivity contribution in [1.29, 1.82) is 0 Å². The molecule has 1 aromatic heterocycles. The summed E-state index contributed by atoms with van der Waals surface area (Å²) in [6, 6.07) is 18.2. The third-order valence-corrected chi connectivity index (χ3v) is 7.40. The van der Waals surface area contributed by atoms with Gasteiger partial charge in [0.1, 0.15) is 6.61 Å². The summed E-state index contributed by atoms with van der Waals surface area (Å²) in [6.45, 7) is 8.37. The summed E-state index contributed by atoms with van der Waals surface area (Å²) in [5.74, 6) is 1.55. The van der Waals surface area contributed by atoms with Crippen LogP contribution in [0, 0.1) is 5.92 Å². The average Bonchev–Trinajstić information content (AvgIpc) is 3.25. The van der Waals surface area contributed by atoms with Gasteiger partial charge in [-0.3, -0.25) is 0 Å². The van der Waals surface area contributed by atoms with E-state index in [4.69, 9.17) is 9.72 Å². The summed E-state index contributed by atoms with van der Waals surface area (Å²) in [5, 5.41) is 2.61. The van der Waals surface area contributed by atoms with Gasteiger partial charge in [-0.15, -0.1) is 0 Å². The zero-order chi connectivity index (χ0) is 22.8. The van der Waals surface area contributed by atoms with Crippen molar-refractivity contribution < 1.29 is 4.74 Å². The van der Waals surface area contributed by atoms with E-state index in [2.05, 4.69) is 79.2 Å². The minimum absolute atomic E-state index is 0.507. The second-order valence-corrected chi connectivity index (χ2v) is 10.2. The van der Waals surface area contributed by atoms with Gasteiger partial charge in [-0.2, -0.15) is 0 Å². The van der Waals surface area contributed by atoms with Gasteiger partial charge in [-0.25, -0.2) is 4.98 Å². The van der Waals surface area contributed by atoms with Crippen LogP contribution in [-0.2, 0) is 19.4 Å². The SMILES string of the molecule is CC(C)CCc1cc2c(nc1OC[C@H]1CCCN1C)CN(c1cccc3ccccc13)CC2. The molecule has 5 rings (SSSR count). The van der Waals surface area contributed by atoms with Crippen molar-refractivity contribution in [2.24, 2.45) is 5.92 Å². The maximum absolute atomic E-state index is 6.43. The van der Waals surface area contributed by atoms with Crippen molar-refractivity contribution in [1.82, 2.24) is 9.88 Å². The van der Waals surface area contributed by atoms with Crippen molar-refractivity contribution in [2.45, 2.75) is 58.5 Å². The summed E-state index contributed by atoms with van der Waals surface area (Å²) >= 11 is 0. The lowest BCUT2D eigenvalue weighted by Gasteiger charge is -2.32. The molecule has 2 aliphatic heterocycles. The normalized spacial score (nSPS) is 18.8. The smallest absolute Gasteiger partial charge is 0.216 e. The van der Waals surface area contributed by atoms with Crippen LogP contribution in [0.3, 0.4) is 0 Å². The van der Waals surface area contributed by atoms with E-state index in [0.717, 1.165) is 38.4 Å². The lowest BCUT2D eigenvalue weighted by atomic mass is 9.97. The molecule has 0 spiro atoms. The molecular formula is C29H37N3O. The zero-order valence-electron chi connectivity index (χ0n) is 20.4. The molecule has 1 fully saturated rings. The minimum atomic E-state index is 0.507. The summed E-state index contributed by atoms with van der Waals surface area (Å²) in [7, 11) is 2.21. The maximum atomic E-state index is 6.43. The Bertz CT molecular complexity index is 1100. The van der Waals surface area contributed by atoms with Gasteiger partial charge >= 0.3 is 0 Å². The fourth-order valence-electron chi connectivity index (χ4n) is 5.29. The Balaban J connectivity index is 1.41. The van der Waals surface area contributed by atoms with E-state index < -0.39 is 0 Å². The summed E-state index contributed by atoms with van der Waals surface area (Å²) < 4.78 is 6.43. The Morgan fingerprint density at radius 3 is 2.76 bits per heavy atom. The quantitative estimate of drug-likeness (QED) is 0.457. The number of nitrogens with zero attached hydrogens (tertiary/aromatic N) is 3. The maximum Gasteiger partial charge on any atom is 0.216 e. The molecule has 2 aromatic carbocycles. The van der Waals surface area contributed by atoms with E-state index in [0.29, 0.717) is 12.0 Å². The molecule has 0 amide bonds. The number of pyridine rings is 1. The summed E-state index contributed by atoms with van der Waals surface area (Å²) in [4.78, 5) is 10.1. The third kappa shape index (κ3) is 4.86. The lowest BCUT2D eigenvalue weighted by molar-refractivity contribution is 0.191. The molecule has 0 unspecified atom stereocenters. The van der Waals surface area contributed by atoms with Gasteiger partial charge in [0, 0.05) is 29.2 Å². The Labute approximate surface area is 198 Å². The van der Waals surface area contributed by atoms with Crippen LogP contribution in [0.4, 0.5) is 5.69 Å². The number of aryl methyl sites for hydroxylation is 1. The highest BCUT2D eigenvalue weighted by atomic mass is 16.5. The minimum Gasteiger partial charge on any atom is -0.476 e. The summed E-state index contributed by atoms with van der Waals surface area (Å²) in [6.07, 6.45) is 5.73. The van der Waals surface area contributed by atoms with Crippen LogP contribution >= 0.6 is 0 Å². The van der Waals surface area contributed by atoms with Gasteiger partial charge in [0.05, 0.1) is 12.2 Å². The number of fused-ring (bicyclic) bond motifs is 2. The zero-order valence-corrected chi connectivity index (χ0v) is 20.4. The van der Waals surface area contributed by atoms with Crippen LogP contribution < -0.4 is 9.64 Å². The summed E-state index contributed by atoms with van der Waals surface area (Å²) in [5.41, 5.74) is 5.18. The van der Waals surface area contributed by atoms with Crippen molar-refractivity contribution in [2.75, 3.05) is 31.6 Å². The molecule has 4 nitrogen and oxygen atoms in total. The molecule has 0 aliphatic carbocycles. The van der Waals surface area contributed by atoms with Crippen molar-refractivity contribution >= 4 is 16.5 Å². The third-order valence-electron chi connectivity index (χ3n) is 7.40. The van der Waals surface area contributed by atoms with E-state index in [1.165, 1.54) is 59.1 Å². The fourth-order valence-corrected chi connectivity index (χ4v) is 5.29. The number of anilines is 1. The largest absolute Gasteiger partial charge is 0.476 e. The first-order chi connectivity index (χ1) is 16.1. The molecule has 0 N–H and O–H groups in total. The molecular weight excluding hydrogens is 406 g/mol. The molecule has 2 aliphatic rings. The molecule has 33 heavy (non-hydrogen) atoms. The van der Waals surface area contributed by atoms with Crippen LogP contribution in [-0.4, -0.2) is 42.7 Å².